The highest BCUT2D eigenvalue weighted by Gasteiger charge is 2.20. The van der Waals surface area contributed by atoms with Gasteiger partial charge in [-0.05, 0) is 26.0 Å². The van der Waals surface area contributed by atoms with Gasteiger partial charge in [0.05, 0.1) is 20.8 Å². The monoisotopic (exact) mass is 361 g/mol. The van der Waals surface area contributed by atoms with Crippen LogP contribution in [-0.4, -0.2) is 39.2 Å². The first kappa shape index (κ1) is 19.5. The molecule has 0 saturated carbocycles. The summed E-state index contributed by atoms with van der Waals surface area (Å²) in [5.41, 5.74) is 1.10. The smallest absolute Gasteiger partial charge is 0.341 e. The number of carbonyl (C=O) groups is 2. The largest absolute Gasteiger partial charge is 0.497 e. The Labute approximate surface area is 152 Å². The van der Waals surface area contributed by atoms with E-state index in [1.54, 1.807) is 26.2 Å². The minimum atomic E-state index is -0.425. The number of carbonyl (C=O) groups excluding carboxylic acids is 2. The van der Waals surface area contributed by atoms with Gasteiger partial charge in [0.25, 0.3) is 5.91 Å². The van der Waals surface area contributed by atoms with Crippen molar-refractivity contribution in [1.29, 1.82) is 0 Å². The second-order valence-corrected chi connectivity index (χ2v) is 5.91. The molecule has 7 nitrogen and oxygen atoms in total. The van der Waals surface area contributed by atoms with Gasteiger partial charge in [0.15, 0.2) is 12.3 Å². The Bertz CT molecular complexity index is 769. The van der Waals surface area contributed by atoms with Crippen molar-refractivity contribution in [3.8, 4) is 5.75 Å². The van der Waals surface area contributed by atoms with E-state index in [9.17, 15) is 9.59 Å². The molecule has 1 aromatic heterocycles. The fourth-order valence-corrected chi connectivity index (χ4v) is 2.64. The minimum absolute atomic E-state index is 0.105. The number of hydrogen-bond acceptors (Lipinski definition) is 5. The zero-order valence-corrected chi connectivity index (χ0v) is 15.5. The topological polar surface area (TPSA) is 82.2 Å². The van der Waals surface area contributed by atoms with Crippen molar-refractivity contribution in [3.63, 3.8) is 0 Å². The quantitative estimate of drug-likeness (QED) is 0.695. The van der Waals surface area contributed by atoms with Crippen LogP contribution in [0.4, 0.5) is 5.69 Å². The first-order valence-electron chi connectivity index (χ1n) is 8.41. The predicted molar refractivity (Wildman–Crippen MR) is 96.5 cm³/mol. The molecule has 1 amide bonds. The molecular formula is C19H25N2O5+. The molecule has 0 aliphatic rings. The summed E-state index contributed by atoms with van der Waals surface area (Å²) < 4.78 is 15.5. The molecule has 0 radical (unpaired) electrons. The Balaban J connectivity index is 1.98. The van der Waals surface area contributed by atoms with Gasteiger partial charge < -0.3 is 24.1 Å². The molecule has 7 heteroatoms. The van der Waals surface area contributed by atoms with Crippen LogP contribution in [0.1, 0.15) is 28.8 Å². The van der Waals surface area contributed by atoms with Crippen LogP contribution in [0.2, 0.25) is 0 Å². The van der Waals surface area contributed by atoms with Crippen LogP contribution in [-0.2, 0) is 16.1 Å². The number of anilines is 1. The molecule has 140 valence electrons. The van der Waals surface area contributed by atoms with Crippen LogP contribution in [0.25, 0.3) is 0 Å². The lowest BCUT2D eigenvalue weighted by atomic mass is 10.2. The maximum Gasteiger partial charge on any atom is 0.341 e. The van der Waals surface area contributed by atoms with Crippen molar-refractivity contribution < 1.29 is 28.4 Å². The number of amides is 1. The molecule has 1 unspecified atom stereocenters. The third kappa shape index (κ3) is 5.10. The number of ether oxygens (including phenoxy) is 2. The van der Waals surface area contributed by atoms with Crippen molar-refractivity contribution in [3.05, 3.63) is 47.4 Å². The fraction of sp³-hybridized carbons (Fsp3) is 0.368. The first-order chi connectivity index (χ1) is 12.5. The number of quaternary nitrogens is 1. The lowest BCUT2D eigenvalue weighted by molar-refractivity contribution is -0.904. The van der Waals surface area contributed by atoms with Crippen molar-refractivity contribution in [2.24, 2.45) is 0 Å². The Morgan fingerprint density at radius 3 is 2.65 bits per heavy atom. The van der Waals surface area contributed by atoms with E-state index < -0.39 is 5.97 Å². The van der Waals surface area contributed by atoms with E-state index in [0.29, 0.717) is 35.1 Å². The normalized spacial score (nSPS) is 11.7. The third-order valence-corrected chi connectivity index (χ3v) is 4.06. The van der Waals surface area contributed by atoms with Gasteiger partial charge in [0.1, 0.15) is 23.6 Å². The molecule has 2 rings (SSSR count). The van der Waals surface area contributed by atoms with E-state index in [1.807, 2.05) is 25.1 Å². The third-order valence-electron chi connectivity index (χ3n) is 4.06. The lowest BCUT2D eigenvalue weighted by Crippen LogP contribution is -3.11. The number of aryl methyl sites for hydroxylation is 1. The van der Waals surface area contributed by atoms with Gasteiger partial charge >= 0.3 is 5.97 Å². The fourth-order valence-electron chi connectivity index (χ4n) is 2.64. The number of rotatable bonds is 8. The average Bonchev–Trinajstić information content (AvgIpc) is 3.00. The van der Waals surface area contributed by atoms with E-state index in [4.69, 9.17) is 13.9 Å². The Kier molecular flexibility index (Phi) is 6.80. The SMILES string of the molecule is CC[NH+](CC(=O)Nc1cccc(OC)c1)Cc1cc(C(=O)OC)c(C)o1. The molecule has 2 aromatic rings. The maximum atomic E-state index is 12.3. The van der Waals surface area contributed by atoms with Crippen molar-refractivity contribution in [2.45, 2.75) is 20.4 Å². The molecule has 0 saturated heterocycles. The molecule has 26 heavy (non-hydrogen) atoms. The van der Waals surface area contributed by atoms with Crippen LogP contribution in [0.3, 0.4) is 0 Å². The zero-order chi connectivity index (χ0) is 19.1. The Morgan fingerprint density at radius 2 is 2.00 bits per heavy atom. The van der Waals surface area contributed by atoms with Crippen LogP contribution >= 0.6 is 0 Å². The van der Waals surface area contributed by atoms with E-state index in [-0.39, 0.29) is 12.5 Å². The van der Waals surface area contributed by atoms with E-state index in [0.717, 1.165) is 11.4 Å². The Hall–Kier alpha value is -2.80. The second-order valence-electron chi connectivity index (χ2n) is 5.91. The Morgan fingerprint density at radius 1 is 1.23 bits per heavy atom. The molecule has 1 atom stereocenters. The molecule has 0 aliphatic heterocycles. The standard InChI is InChI=1S/C19H24N2O5/c1-5-21(11-16-10-17(13(2)26-16)19(23)25-4)12-18(22)20-14-7-6-8-15(9-14)24-3/h6-10H,5,11-12H2,1-4H3,(H,20,22)/p+1. The highest BCUT2D eigenvalue weighted by atomic mass is 16.5. The van der Waals surface area contributed by atoms with Gasteiger partial charge in [0, 0.05) is 17.8 Å². The average molecular weight is 361 g/mol. The van der Waals surface area contributed by atoms with Gasteiger partial charge in [-0.15, -0.1) is 0 Å². The summed E-state index contributed by atoms with van der Waals surface area (Å²) in [6, 6.07) is 8.89. The van der Waals surface area contributed by atoms with Gasteiger partial charge in [-0.25, -0.2) is 4.79 Å². The number of esters is 1. The lowest BCUT2D eigenvalue weighted by Gasteiger charge is -2.16. The van der Waals surface area contributed by atoms with Gasteiger partial charge in [-0.2, -0.15) is 0 Å². The van der Waals surface area contributed by atoms with Gasteiger partial charge in [-0.3, -0.25) is 4.79 Å². The van der Waals surface area contributed by atoms with Crippen LogP contribution < -0.4 is 15.0 Å². The summed E-state index contributed by atoms with van der Waals surface area (Å²) in [5.74, 6) is 1.32. The highest BCUT2D eigenvalue weighted by molar-refractivity contribution is 5.91. The molecular weight excluding hydrogens is 336 g/mol. The second kappa shape index (κ2) is 9.05. The van der Waals surface area contributed by atoms with Crippen LogP contribution in [0, 0.1) is 6.92 Å². The van der Waals surface area contributed by atoms with Crippen molar-refractivity contribution in [2.75, 3.05) is 32.6 Å². The summed E-state index contributed by atoms with van der Waals surface area (Å²) in [5, 5.41) is 2.87. The van der Waals surface area contributed by atoms with Crippen LogP contribution in [0.15, 0.2) is 34.7 Å². The highest BCUT2D eigenvalue weighted by Crippen LogP contribution is 2.16. The number of methoxy groups -OCH3 is 2. The molecule has 0 fully saturated rings. The number of nitrogens with one attached hydrogen (secondary N) is 2. The summed E-state index contributed by atoms with van der Waals surface area (Å²) in [7, 11) is 2.92. The van der Waals surface area contributed by atoms with Crippen molar-refractivity contribution >= 4 is 17.6 Å². The van der Waals surface area contributed by atoms with Gasteiger partial charge in [-0.1, -0.05) is 6.07 Å². The predicted octanol–water partition coefficient (Wildman–Crippen LogP) is 1.43. The number of furan rings is 1. The number of hydrogen-bond donors (Lipinski definition) is 2. The summed E-state index contributed by atoms with van der Waals surface area (Å²) in [6.07, 6.45) is 0. The minimum Gasteiger partial charge on any atom is -0.497 e. The maximum absolute atomic E-state index is 12.3. The van der Waals surface area contributed by atoms with Crippen molar-refractivity contribution in [1.82, 2.24) is 0 Å². The number of benzene rings is 1. The van der Waals surface area contributed by atoms with E-state index in [1.165, 1.54) is 7.11 Å². The molecule has 0 spiro atoms. The molecule has 0 bridgehead atoms. The summed E-state index contributed by atoms with van der Waals surface area (Å²) in [4.78, 5) is 25.0. The molecule has 0 aliphatic carbocycles. The zero-order valence-electron chi connectivity index (χ0n) is 15.5. The summed E-state index contributed by atoms with van der Waals surface area (Å²) in [6.45, 7) is 5.22. The van der Waals surface area contributed by atoms with Gasteiger partial charge in [0.2, 0.25) is 0 Å². The molecule has 1 aromatic carbocycles. The molecule has 2 N–H and O–H groups in total. The van der Waals surface area contributed by atoms with E-state index in [2.05, 4.69) is 5.32 Å². The first-order valence-corrected chi connectivity index (χ1v) is 8.41. The van der Waals surface area contributed by atoms with E-state index >= 15 is 0 Å². The molecule has 1 heterocycles. The van der Waals surface area contributed by atoms with Crippen LogP contribution in [0.5, 0.6) is 5.75 Å². The number of likely N-dealkylation sites (N-methyl/N-ethyl adjacent to an activating group) is 1. The summed E-state index contributed by atoms with van der Waals surface area (Å²) >= 11 is 0.